The van der Waals surface area contributed by atoms with Crippen molar-refractivity contribution in [3.63, 3.8) is 0 Å². The molecule has 0 saturated heterocycles. The van der Waals surface area contributed by atoms with Gasteiger partial charge >= 0.3 is 0 Å². The molecule has 0 bridgehead atoms. The molecule has 1 atom stereocenters. The van der Waals surface area contributed by atoms with Gasteiger partial charge in [0, 0.05) is 11.5 Å². The van der Waals surface area contributed by atoms with E-state index < -0.39 is 0 Å². The first kappa shape index (κ1) is 14.0. The van der Waals surface area contributed by atoms with Gasteiger partial charge in [-0.25, -0.2) is 0 Å². The Morgan fingerprint density at radius 2 is 1.78 bits per heavy atom. The minimum Gasteiger partial charge on any atom is -0.497 e. The van der Waals surface area contributed by atoms with E-state index in [0.717, 1.165) is 39.6 Å². The van der Waals surface area contributed by atoms with E-state index in [-0.39, 0.29) is 11.7 Å². The van der Waals surface area contributed by atoms with Crippen molar-refractivity contribution in [1.82, 2.24) is 0 Å². The van der Waals surface area contributed by atoms with Crippen molar-refractivity contribution in [1.29, 1.82) is 0 Å². The second-order valence-corrected chi connectivity index (χ2v) is 6.24. The molecule has 23 heavy (non-hydrogen) atoms. The summed E-state index contributed by atoms with van der Waals surface area (Å²) in [6.45, 7) is 2.01. The highest BCUT2D eigenvalue weighted by Gasteiger charge is 2.29. The van der Waals surface area contributed by atoms with Gasteiger partial charge in [-0.05, 0) is 52.1 Å². The molecule has 3 aromatic carbocycles. The average Bonchev–Trinajstić information content (AvgIpc) is 2.88. The largest absolute Gasteiger partial charge is 0.497 e. The summed E-state index contributed by atoms with van der Waals surface area (Å²) in [6.07, 6.45) is 0.854. The Balaban J connectivity index is 1.88. The minimum absolute atomic E-state index is 0.0934. The number of rotatable bonds is 2. The Hall–Kier alpha value is -2.61. The maximum Gasteiger partial charge on any atom is 0.166 e. The zero-order valence-electron chi connectivity index (χ0n) is 13.3. The van der Waals surface area contributed by atoms with E-state index in [9.17, 15) is 4.79 Å². The van der Waals surface area contributed by atoms with Gasteiger partial charge in [0.1, 0.15) is 5.75 Å². The molecule has 114 valence electrons. The lowest BCUT2D eigenvalue weighted by Crippen LogP contribution is -2.04. The van der Waals surface area contributed by atoms with E-state index in [4.69, 9.17) is 4.74 Å². The summed E-state index contributed by atoms with van der Waals surface area (Å²) in [5.41, 5.74) is 4.24. The highest BCUT2D eigenvalue weighted by atomic mass is 16.5. The fraction of sp³-hybridized carbons (Fsp3) is 0.190. The molecule has 0 aliphatic heterocycles. The number of carbonyl (C=O) groups excluding carboxylic acids is 1. The molecular formula is C21H18O2. The lowest BCUT2D eigenvalue weighted by atomic mass is 9.94. The second kappa shape index (κ2) is 5.24. The summed E-state index contributed by atoms with van der Waals surface area (Å²) < 4.78 is 5.28. The summed E-state index contributed by atoms with van der Waals surface area (Å²) in [7, 11) is 1.68. The molecule has 1 aliphatic rings. The molecule has 2 heteroatoms. The Kier molecular flexibility index (Phi) is 3.19. The highest BCUT2D eigenvalue weighted by molar-refractivity contribution is 6.08. The number of hydrogen-bond acceptors (Lipinski definition) is 2. The quantitative estimate of drug-likeness (QED) is 0.673. The van der Waals surface area contributed by atoms with Crippen molar-refractivity contribution in [3.8, 4) is 16.9 Å². The monoisotopic (exact) mass is 302 g/mol. The van der Waals surface area contributed by atoms with Crippen LogP contribution in [0.5, 0.6) is 5.75 Å². The number of carbonyl (C=O) groups is 1. The maximum atomic E-state index is 12.5. The molecule has 0 spiro atoms. The topological polar surface area (TPSA) is 26.3 Å². The van der Waals surface area contributed by atoms with Crippen LogP contribution in [0.4, 0.5) is 0 Å². The van der Waals surface area contributed by atoms with Crippen molar-refractivity contribution in [3.05, 3.63) is 65.7 Å². The lowest BCUT2D eigenvalue weighted by molar-refractivity contribution is 0.0947. The van der Waals surface area contributed by atoms with Gasteiger partial charge in [-0.3, -0.25) is 4.79 Å². The molecule has 2 nitrogen and oxygen atoms in total. The van der Waals surface area contributed by atoms with Crippen LogP contribution in [0.2, 0.25) is 0 Å². The molecule has 4 rings (SSSR count). The maximum absolute atomic E-state index is 12.5. The normalized spacial score (nSPS) is 16.6. The van der Waals surface area contributed by atoms with E-state index in [0.29, 0.717) is 0 Å². The Morgan fingerprint density at radius 3 is 2.61 bits per heavy atom. The van der Waals surface area contributed by atoms with Gasteiger partial charge < -0.3 is 4.74 Å². The van der Waals surface area contributed by atoms with Crippen LogP contribution in [0, 0.1) is 5.92 Å². The number of ether oxygens (including phenoxy) is 1. The second-order valence-electron chi connectivity index (χ2n) is 6.24. The van der Waals surface area contributed by atoms with Gasteiger partial charge in [0.2, 0.25) is 0 Å². The number of benzene rings is 3. The van der Waals surface area contributed by atoms with Crippen LogP contribution < -0.4 is 4.74 Å². The fourth-order valence-electron chi connectivity index (χ4n) is 3.49. The predicted molar refractivity (Wildman–Crippen MR) is 93.1 cm³/mol. The number of hydrogen-bond donors (Lipinski definition) is 0. The summed E-state index contributed by atoms with van der Waals surface area (Å²) >= 11 is 0. The van der Waals surface area contributed by atoms with Crippen LogP contribution in [-0.4, -0.2) is 12.9 Å². The molecule has 3 aromatic rings. The molecule has 0 fully saturated rings. The number of fused-ring (bicyclic) bond motifs is 2. The first-order chi connectivity index (χ1) is 11.2. The predicted octanol–water partition coefficient (Wildman–Crippen LogP) is 4.89. The van der Waals surface area contributed by atoms with E-state index in [2.05, 4.69) is 42.5 Å². The Bertz CT molecular complexity index is 924. The zero-order valence-corrected chi connectivity index (χ0v) is 13.3. The van der Waals surface area contributed by atoms with Gasteiger partial charge in [0.25, 0.3) is 0 Å². The molecule has 0 N–H and O–H groups in total. The van der Waals surface area contributed by atoms with E-state index in [1.807, 2.05) is 19.1 Å². The van der Waals surface area contributed by atoms with Crippen molar-refractivity contribution in [2.24, 2.45) is 5.92 Å². The number of Topliss-reactive ketones (excluding diaryl/α,β-unsaturated/α-hetero) is 1. The molecule has 0 saturated carbocycles. The third-order valence-corrected chi connectivity index (χ3v) is 4.73. The van der Waals surface area contributed by atoms with Gasteiger partial charge in [-0.1, -0.05) is 43.3 Å². The smallest absolute Gasteiger partial charge is 0.166 e. The molecule has 0 radical (unpaired) electrons. The van der Waals surface area contributed by atoms with Gasteiger partial charge in [-0.2, -0.15) is 0 Å². The number of ketones is 1. The average molecular weight is 302 g/mol. The Labute approximate surface area is 135 Å². The van der Waals surface area contributed by atoms with Gasteiger partial charge in [0.05, 0.1) is 7.11 Å². The highest BCUT2D eigenvalue weighted by Crippen LogP contribution is 2.36. The van der Waals surface area contributed by atoms with Crippen molar-refractivity contribution < 1.29 is 9.53 Å². The van der Waals surface area contributed by atoms with E-state index in [1.165, 1.54) is 5.56 Å². The van der Waals surface area contributed by atoms with Crippen LogP contribution in [0.25, 0.3) is 21.9 Å². The molecule has 1 aliphatic carbocycles. The van der Waals surface area contributed by atoms with Gasteiger partial charge in [0.15, 0.2) is 5.78 Å². The van der Waals surface area contributed by atoms with Crippen molar-refractivity contribution >= 4 is 16.6 Å². The summed E-state index contributed by atoms with van der Waals surface area (Å²) in [4.78, 5) is 12.5. The summed E-state index contributed by atoms with van der Waals surface area (Å²) in [5.74, 6) is 1.22. The first-order valence-corrected chi connectivity index (χ1v) is 7.91. The zero-order chi connectivity index (χ0) is 16.0. The molecule has 0 aromatic heterocycles. The first-order valence-electron chi connectivity index (χ1n) is 7.91. The van der Waals surface area contributed by atoms with E-state index in [1.54, 1.807) is 7.11 Å². The molecular weight excluding hydrogens is 284 g/mol. The van der Waals surface area contributed by atoms with E-state index >= 15 is 0 Å². The van der Waals surface area contributed by atoms with Crippen molar-refractivity contribution in [2.45, 2.75) is 13.3 Å². The van der Waals surface area contributed by atoms with Crippen molar-refractivity contribution in [2.75, 3.05) is 7.11 Å². The van der Waals surface area contributed by atoms with Crippen LogP contribution in [0.3, 0.4) is 0 Å². The minimum atomic E-state index is 0.0934. The Morgan fingerprint density at radius 1 is 1.00 bits per heavy atom. The van der Waals surface area contributed by atoms with Crippen LogP contribution in [-0.2, 0) is 6.42 Å². The van der Waals surface area contributed by atoms with Crippen LogP contribution in [0.15, 0.2) is 54.6 Å². The third-order valence-electron chi connectivity index (χ3n) is 4.73. The SMILES string of the molecule is COc1ccc2cc(-c3cccc4c3C(=O)C(C)C4)ccc2c1. The molecule has 0 amide bonds. The third kappa shape index (κ3) is 2.22. The molecule has 0 heterocycles. The lowest BCUT2D eigenvalue weighted by Gasteiger charge is -2.10. The van der Waals surface area contributed by atoms with Gasteiger partial charge in [-0.15, -0.1) is 0 Å². The number of methoxy groups -OCH3 is 1. The summed E-state index contributed by atoms with van der Waals surface area (Å²) in [6, 6.07) is 18.6. The summed E-state index contributed by atoms with van der Waals surface area (Å²) in [5, 5.41) is 2.29. The fourth-order valence-corrected chi connectivity index (χ4v) is 3.49. The van der Waals surface area contributed by atoms with Crippen LogP contribution in [0.1, 0.15) is 22.8 Å². The van der Waals surface area contributed by atoms with Crippen LogP contribution >= 0.6 is 0 Å². The standard InChI is InChI=1S/C21H18O2/c1-13-10-17-4-3-5-19(20(17)21(13)22)16-7-6-15-12-18(23-2)9-8-14(15)11-16/h3-9,11-13H,10H2,1-2H3. The molecule has 1 unspecified atom stereocenters.